The summed E-state index contributed by atoms with van der Waals surface area (Å²) >= 11 is 0. The normalized spacial score (nSPS) is 15.6. The molecule has 3 heterocycles. The van der Waals surface area contributed by atoms with Gasteiger partial charge in [-0.15, -0.1) is 0 Å². The molecule has 2 unspecified atom stereocenters. The highest BCUT2D eigenvalue weighted by molar-refractivity contribution is 5.94. The molecule has 6 aromatic rings. The van der Waals surface area contributed by atoms with E-state index < -0.39 is 12.0 Å². The van der Waals surface area contributed by atoms with Crippen LogP contribution in [0.1, 0.15) is 63.0 Å². The fourth-order valence-corrected chi connectivity index (χ4v) is 8.85. The molecule has 2 amide bonds. The second kappa shape index (κ2) is 21.9. The fraction of sp³-hybridized carbons (Fsp3) is 0.321. The fourth-order valence-electron chi connectivity index (χ4n) is 8.85. The molecule has 2 aliphatic heterocycles. The number of piperazine rings is 1. The minimum Gasteiger partial charge on any atom is -0.506 e. The molecule has 5 aromatic carbocycles. The van der Waals surface area contributed by atoms with Crippen molar-refractivity contribution >= 4 is 28.7 Å². The number of phenolic OH excluding ortho intramolecular Hbond substituents is 1. The van der Waals surface area contributed by atoms with Gasteiger partial charge in [0.1, 0.15) is 17.4 Å². The average Bonchev–Trinajstić information content (AvgIpc) is 3.35. The highest BCUT2D eigenvalue weighted by Crippen LogP contribution is 2.31. The number of carbonyl (C=O) groups is 3. The maximum Gasteiger partial charge on any atom is 0.317 e. The molecule has 66 heavy (non-hydrogen) atoms. The van der Waals surface area contributed by atoms with Crippen molar-refractivity contribution in [3.05, 3.63) is 177 Å². The predicted octanol–water partition coefficient (Wildman–Crippen LogP) is 6.05. The van der Waals surface area contributed by atoms with E-state index in [1.807, 2.05) is 78.9 Å². The Kier molecular flexibility index (Phi) is 15.2. The topological polar surface area (TPSA) is 165 Å². The molecule has 0 spiro atoms. The zero-order valence-electron chi connectivity index (χ0n) is 37.0. The van der Waals surface area contributed by atoms with Gasteiger partial charge in [-0.2, -0.15) is 0 Å². The van der Waals surface area contributed by atoms with Crippen molar-refractivity contribution in [2.45, 2.75) is 37.8 Å². The van der Waals surface area contributed by atoms with Gasteiger partial charge in [-0.1, -0.05) is 91.0 Å². The van der Waals surface area contributed by atoms with E-state index in [4.69, 9.17) is 9.47 Å². The molecule has 0 bridgehead atoms. The quantitative estimate of drug-likeness (QED) is 0.0627. The van der Waals surface area contributed by atoms with Gasteiger partial charge in [0.2, 0.25) is 5.56 Å². The Morgan fingerprint density at radius 3 is 2.18 bits per heavy atom. The molecule has 2 fully saturated rings. The summed E-state index contributed by atoms with van der Waals surface area (Å²) in [5, 5.41) is 24.8. The average molecular weight is 892 g/mol. The van der Waals surface area contributed by atoms with Crippen LogP contribution in [0.4, 0.5) is 0 Å². The first kappa shape index (κ1) is 45.8. The summed E-state index contributed by atoms with van der Waals surface area (Å²) in [6, 6.07) is 40.9. The van der Waals surface area contributed by atoms with Crippen molar-refractivity contribution < 1.29 is 34.1 Å². The van der Waals surface area contributed by atoms with Gasteiger partial charge in [0.05, 0.1) is 18.2 Å². The van der Waals surface area contributed by atoms with Gasteiger partial charge in [0.15, 0.2) is 6.61 Å². The van der Waals surface area contributed by atoms with Crippen molar-refractivity contribution in [2.75, 3.05) is 65.6 Å². The van der Waals surface area contributed by atoms with Crippen LogP contribution in [0.25, 0.3) is 10.9 Å². The van der Waals surface area contributed by atoms with E-state index in [0.29, 0.717) is 79.4 Å². The van der Waals surface area contributed by atoms with Crippen LogP contribution in [0, 0.1) is 5.92 Å². The van der Waals surface area contributed by atoms with Gasteiger partial charge in [-0.3, -0.25) is 24.1 Å². The number of aromatic amines is 1. The number of aliphatic hydroxyl groups is 1. The summed E-state index contributed by atoms with van der Waals surface area (Å²) in [7, 11) is 0. The Balaban J connectivity index is 0.770. The van der Waals surface area contributed by atoms with Crippen LogP contribution in [-0.4, -0.2) is 113 Å². The number of aliphatic hydroxyl groups excluding tert-OH is 1. The van der Waals surface area contributed by atoms with Crippen molar-refractivity contribution in [1.82, 2.24) is 25.0 Å². The van der Waals surface area contributed by atoms with E-state index >= 15 is 0 Å². The molecular weight excluding hydrogens is 835 g/mol. The van der Waals surface area contributed by atoms with Gasteiger partial charge < -0.3 is 39.8 Å². The number of amides is 2. The summed E-state index contributed by atoms with van der Waals surface area (Å²) in [5.41, 5.74) is 5.00. The number of likely N-dealkylation sites (tertiary alicyclic amines) is 1. The molecule has 0 aliphatic carbocycles. The maximum absolute atomic E-state index is 13.8. The van der Waals surface area contributed by atoms with E-state index in [0.717, 1.165) is 49.2 Å². The number of aromatic nitrogens is 1. The molecule has 342 valence electrons. The van der Waals surface area contributed by atoms with E-state index in [9.17, 15) is 29.4 Å². The third-order valence-corrected chi connectivity index (χ3v) is 12.7. The van der Waals surface area contributed by atoms with Crippen LogP contribution in [0.5, 0.6) is 11.5 Å². The number of pyridine rings is 1. The molecule has 1 aromatic heterocycles. The lowest BCUT2D eigenvalue weighted by Crippen LogP contribution is -2.51. The second-order valence-corrected chi connectivity index (χ2v) is 17.2. The van der Waals surface area contributed by atoms with Gasteiger partial charge in [-0.25, -0.2) is 0 Å². The molecule has 8 rings (SSSR count). The third-order valence-electron chi connectivity index (χ3n) is 12.7. The standard InChI is InChI=1S/C53H57N5O8/c59-46-20-18-44(45-19-21-48(61)55-51(45)46)47(60)33-54-25-22-37-14-16-41(17-15-37)52(63)58-30-28-57(29-31-58)49(62)36-65-43-13-7-12-42(32-43)50(40-10-5-2-6-11-40)53(64)66-35-39-23-26-56(27-24-39)34-38-8-3-1-4-9-38/h1-21,32,39,47,50,54,59-60H,22-31,33-36H2,(H,55,61). The first-order chi connectivity index (χ1) is 32.2. The minimum atomic E-state index is -0.855. The van der Waals surface area contributed by atoms with Crippen molar-refractivity contribution in [3.63, 3.8) is 0 Å². The number of nitrogens with zero attached hydrogens (tertiary/aromatic N) is 3. The highest BCUT2D eigenvalue weighted by atomic mass is 16.5. The summed E-state index contributed by atoms with van der Waals surface area (Å²) in [4.78, 5) is 60.8. The number of ether oxygens (including phenoxy) is 2. The number of nitrogens with one attached hydrogen (secondary N) is 2. The lowest BCUT2D eigenvalue weighted by Gasteiger charge is -2.34. The summed E-state index contributed by atoms with van der Waals surface area (Å²) in [5.74, 6) is -0.512. The number of benzene rings is 5. The molecule has 0 saturated carbocycles. The summed E-state index contributed by atoms with van der Waals surface area (Å²) in [6.45, 7) is 5.47. The number of H-pyrrole nitrogens is 1. The second-order valence-electron chi connectivity index (χ2n) is 17.2. The van der Waals surface area contributed by atoms with Crippen molar-refractivity contribution in [2.24, 2.45) is 5.92 Å². The maximum atomic E-state index is 13.8. The van der Waals surface area contributed by atoms with Crippen LogP contribution >= 0.6 is 0 Å². The zero-order valence-corrected chi connectivity index (χ0v) is 37.0. The molecule has 2 atom stereocenters. The number of piperidine rings is 1. The smallest absolute Gasteiger partial charge is 0.317 e. The van der Waals surface area contributed by atoms with Crippen molar-refractivity contribution in [3.8, 4) is 11.5 Å². The molecule has 2 aliphatic rings. The SMILES string of the molecule is O=C(OCC1CCN(Cc2ccccc2)CC1)C(c1ccccc1)c1cccc(OCC(=O)N2CCN(C(=O)c3ccc(CCNCC(O)c4ccc(O)c5[nH]c(=O)ccc45)cc3)CC2)c1. The third kappa shape index (κ3) is 11.7. The van der Waals surface area contributed by atoms with Crippen LogP contribution < -0.4 is 15.6 Å². The zero-order chi connectivity index (χ0) is 45.8. The van der Waals surface area contributed by atoms with Crippen LogP contribution in [-0.2, 0) is 27.3 Å². The van der Waals surface area contributed by atoms with Gasteiger partial charge in [0.25, 0.3) is 11.8 Å². The summed E-state index contributed by atoms with van der Waals surface area (Å²) < 4.78 is 12.0. The van der Waals surface area contributed by atoms with Crippen LogP contribution in [0.15, 0.2) is 138 Å². The number of hydrogen-bond acceptors (Lipinski definition) is 10. The Morgan fingerprint density at radius 2 is 1.44 bits per heavy atom. The van der Waals surface area contributed by atoms with Gasteiger partial charge in [0, 0.05) is 56.3 Å². The molecular formula is C53H57N5O8. The Morgan fingerprint density at radius 1 is 0.742 bits per heavy atom. The number of carbonyl (C=O) groups excluding carboxylic acids is 3. The van der Waals surface area contributed by atoms with E-state index in [1.165, 1.54) is 17.7 Å². The number of aromatic hydroxyl groups is 1. The summed E-state index contributed by atoms with van der Waals surface area (Å²) in [6.07, 6.45) is 1.76. The first-order valence-electron chi connectivity index (χ1n) is 22.8. The number of esters is 1. The van der Waals surface area contributed by atoms with Crippen LogP contribution in [0.2, 0.25) is 0 Å². The number of rotatable bonds is 17. The van der Waals surface area contributed by atoms with Crippen molar-refractivity contribution in [1.29, 1.82) is 0 Å². The molecule has 4 N–H and O–H groups in total. The Labute approximate surface area is 384 Å². The Hall–Kier alpha value is -6.80. The molecule has 2 saturated heterocycles. The number of fused-ring (bicyclic) bond motifs is 1. The van der Waals surface area contributed by atoms with E-state index in [-0.39, 0.29) is 42.2 Å². The van der Waals surface area contributed by atoms with Gasteiger partial charge >= 0.3 is 5.97 Å². The van der Waals surface area contributed by atoms with E-state index in [2.05, 4.69) is 39.5 Å². The monoisotopic (exact) mass is 891 g/mol. The lowest BCUT2D eigenvalue weighted by molar-refractivity contribution is -0.146. The van der Waals surface area contributed by atoms with Crippen LogP contribution in [0.3, 0.4) is 0 Å². The lowest BCUT2D eigenvalue weighted by atomic mass is 9.91. The van der Waals surface area contributed by atoms with Gasteiger partial charge in [-0.05, 0) is 109 Å². The number of phenols is 1. The molecule has 13 heteroatoms. The molecule has 13 nitrogen and oxygen atoms in total. The molecule has 0 radical (unpaired) electrons. The first-order valence-corrected chi connectivity index (χ1v) is 22.8. The largest absolute Gasteiger partial charge is 0.506 e. The predicted molar refractivity (Wildman–Crippen MR) is 252 cm³/mol. The van der Waals surface area contributed by atoms with E-state index in [1.54, 1.807) is 28.0 Å². The minimum absolute atomic E-state index is 0.0568. The highest BCUT2D eigenvalue weighted by Gasteiger charge is 2.29. The Bertz CT molecular complexity index is 2630. The number of hydrogen-bond donors (Lipinski definition) is 4.